The van der Waals surface area contributed by atoms with Crippen LogP contribution in [0.3, 0.4) is 0 Å². The fourth-order valence-electron chi connectivity index (χ4n) is 4.47. The molecule has 1 N–H and O–H groups in total. The van der Waals surface area contributed by atoms with Gasteiger partial charge in [0.2, 0.25) is 0 Å². The van der Waals surface area contributed by atoms with E-state index in [1.54, 1.807) is 6.08 Å². The van der Waals surface area contributed by atoms with Crippen LogP contribution in [0.1, 0.15) is 106 Å². The van der Waals surface area contributed by atoms with Crippen molar-refractivity contribution >= 4 is 28.9 Å². The Morgan fingerprint density at radius 1 is 1.00 bits per heavy atom. The molecule has 0 saturated heterocycles. The summed E-state index contributed by atoms with van der Waals surface area (Å²) in [5, 5.41) is 3.01. The molecule has 0 aromatic rings. The van der Waals surface area contributed by atoms with Crippen molar-refractivity contribution in [1.82, 2.24) is 5.32 Å². The number of hydrogen-bond donors (Lipinski definition) is 1. The number of thioether (sulfide) groups is 1. The van der Waals surface area contributed by atoms with E-state index in [4.69, 9.17) is 14.2 Å². The summed E-state index contributed by atoms with van der Waals surface area (Å²) in [6, 6.07) is 0. The third kappa shape index (κ3) is 13.5. The molecule has 0 fully saturated rings. The molecule has 7 nitrogen and oxygen atoms in total. The Labute approximate surface area is 227 Å². The zero-order chi connectivity index (χ0) is 27.5. The van der Waals surface area contributed by atoms with Gasteiger partial charge in [-0.1, -0.05) is 26.0 Å². The molecule has 0 spiro atoms. The Hall–Kier alpha value is -1.80. The molecule has 0 radical (unpaired) electrons. The molecule has 0 aromatic heterocycles. The first-order chi connectivity index (χ1) is 17.3. The maximum atomic E-state index is 12.5. The second-order valence-electron chi connectivity index (χ2n) is 11.7. The minimum Gasteiger partial charge on any atom is -0.450 e. The van der Waals surface area contributed by atoms with Gasteiger partial charge >= 0.3 is 11.4 Å². The van der Waals surface area contributed by atoms with Crippen molar-refractivity contribution < 1.29 is 28.6 Å². The Bertz CT molecular complexity index is 819. The van der Waals surface area contributed by atoms with Crippen LogP contribution in [0.15, 0.2) is 24.3 Å². The van der Waals surface area contributed by atoms with Crippen molar-refractivity contribution in [1.29, 1.82) is 0 Å². The zero-order valence-electron chi connectivity index (χ0n) is 23.5. The highest BCUT2D eigenvalue weighted by Gasteiger charge is 2.30. The molecule has 1 amide bonds. The maximum absolute atomic E-state index is 12.5. The Kier molecular flexibility index (Phi) is 12.7. The second-order valence-corrected chi connectivity index (χ2v) is 13.2. The van der Waals surface area contributed by atoms with E-state index in [0.717, 1.165) is 44.9 Å². The average Bonchev–Trinajstić information content (AvgIpc) is 2.73. The van der Waals surface area contributed by atoms with Gasteiger partial charge in [-0.2, -0.15) is 0 Å². The number of nitrogens with one attached hydrogen (secondary N) is 1. The number of carbonyl (C=O) groups excluding carboxylic acids is 3. The molecule has 2 aliphatic rings. The highest BCUT2D eigenvalue weighted by Crippen LogP contribution is 2.28. The molecule has 3 atom stereocenters. The molecule has 2 rings (SSSR count). The van der Waals surface area contributed by atoms with Gasteiger partial charge in [-0.25, -0.2) is 9.59 Å². The summed E-state index contributed by atoms with van der Waals surface area (Å²) in [4.78, 5) is 36.0. The predicted octanol–water partition coefficient (Wildman–Crippen LogP) is 7.28. The fraction of sp³-hybridized carbons (Fsp3) is 0.759. The number of ether oxygens (including phenoxy) is 3. The van der Waals surface area contributed by atoms with Gasteiger partial charge < -0.3 is 19.5 Å². The Morgan fingerprint density at radius 3 is 2.41 bits per heavy atom. The summed E-state index contributed by atoms with van der Waals surface area (Å²) in [6.07, 6.45) is 14.1. The molecule has 8 heteroatoms. The number of allylic oxidation sites excluding steroid dienone is 1. The van der Waals surface area contributed by atoms with Gasteiger partial charge in [0, 0.05) is 23.6 Å². The SMILES string of the molecule is CC(C)SC(=O)OC1/C=C/CC(OC(C)(C)CCC(C)(C)NC(=O)OC2/C=C/CC(=O)CCC2)CCC1. The first-order valence-electron chi connectivity index (χ1n) is 13.7. The standard InChI is InChI=1S/C29H47NO6S/c1-21(2)37-27(33)35-24-15-9-17-25(18-10-16-24)36-29(5,6)20-19-28(3,4)30-26(32)34-23-13-7-11-22(31)12-8-14-23/h7,9,13,15,21,23-25H,8,10-12,14,16-20H2,1-6H3,(H,30,32)/b13-7+,15-9+. The summed E-state index contributed by atoms with van der Waals surface area (Å²) >= 11 is 1.22. The predicted molar refractivity (Wildman–Crippen MR) is 149 cm³/mol. The smallest absolute Gasteiger partial charge is 0.408 e. The average molecular weight is 538 g/mol. The van der Waals surface area contributed by atoms with Crippen LogP contribution >= 0.6 is 11.8 Å². The van der Waals surface area contributed by atoms with Crippen molar-refractivity contribution in [3.63, 3.8) is 0 Å². The summed E-state index contributed by atoms with van der Waals surface area (Å²) in [5.74, 6) is 0.228. The Balaban J connectivity index is 1.77. The molecule has 0 saturated carbocycles. The topological polar surface area (TPSA) is 90.9 Å². The van der Waals surface area contributed by atoms with Crippen molar-refractivity contribution in [3.05, 3.63) is 24.3 Å². The third-order valence-electron chi connectivity index (χ3n) is 6.52. The van der Waals surface area contributed by atoms with Gasteiger partial charge in [-0.15, -0.1) is 0 Å². The van der Waals surface area contributed by atoms with Gasteiger partial charge in [0.05, 0.1) is 11.7 Å². The van der Waals surface area contributed by atoms with E-state index < -0.39 is 11.6 Å². The van der Waals surface area contributed by atoms with Crippen LogP contribution < -0.4 is 5.32 Å². The molecule has 37 heavy (non-hydrogen) atoms. The van der Waals surface area contributed by atoms with E-state index in [-0.39, 0.29) is 40.2 Å². The molecule has 0 heterocycles. The molecule has 2 aliphatic carbocycles. The van der Waals surface area contributed by atoms with Crippen LogP contribution in [0.2, 0.25) is 0 Å². The van der Waals surface area contributed by atoms with Crippen molar-refractivity contribution in [2.24, 2.45) is 0 Å². The van der Waals surface area contributed by atoms with Crippen LogP contribution in [0, 0.1) is 0 Å². The van der Waals surface area contributed by atoms with Gasteiger partial charge in [0.1, 0.15) is 18.0 Å². The summed E-state index contributed by atoms with van der Waals surface area (Å²) < 4.78 is 17.7. The molecule has 3 unspecified atom stereocenters. The summed E-state index contributed by atoms with van der Waals surface area (Å²) in [6.45, 7) is 12.1. The van der Waals surface area contributed by atoms with Gasteiger partial charge in [0.15, 0.2) is 0 Å². The van der Waals surface area contributed by atoms with Gasteiger partial charge in [-0.3, -0.25) is 4.79 Å². The number of amides is 1. The molecule has 0 aliphatic heterocycles. The number of rotatable bonds is 9. The largest absolute Gasteiger partial charge is 0.450 e. The lowest BCUT2D eigenvalue weighted by Crippen LogP contribution is -2.46. The van der Waals surface area contributed by atoms with E-state index >= 15 is 0 Å². The lowest BCUT2D eigenvalue weighted by Gasteiger charge is -2.35. The molecular weight excluding hydrogens is 490 g/mol. The first kappa shape index (κ1) is 31.4. The van der Waals surface area contributed by atoms with Crippen molar-refractivity contribution in [2.45, 2.75) is 140 Å². The first-order valence-corrected chi connectivity index (χ1v) is 14.6. The lowest BCUT2D eigenvalue weighted by atomic mass is 9.91. The van der Waals surface area contributed by atoms with E-state index in [9.17, 15) is 14.4 Å². The molecule has 0 aromatic carbocycles. The fourth-order valence-corrected chi connectivity index (χ4v) is 5.03. The van der Waals surface area contributed by atoms with Crippen LogP contribution in [-0.2, 0) is 19.0 Å². The number of alkyl carbamates (subject to hydrolysis) is 1. The van der Waals surface area contributed by atoms with Crippen LogP contribution in [0.4, 0.5) is 9.59 Å². The van der Waals surface area contributed by atoms with E-state index in [1.807, 2.05) is 39.8 Å². The van der Waals surface area contributed by atoms with Gasteiger partial charge in [-0.05, 0) is 103 Å². The lowest BCUT2D eigenvalue weighted by molar-refractivity contribution is -0.118. The Morgan fingerprint density at radius 2 is 1.68 bits per heavy atom. The van der Waals surface area contributed by atoms with E-state index in [2.05, 4.69) is 25.2 Å². The molecule has 0 bridgehead atoms. The second kappa shape index (κ2) is 15.0. The monoisotopic (exact) mass is 537 g/mol. The van der Waals surface area contributed by atoms with Crippen molar-refractivity contribution in [3.8, 4) is 0 Å². The highest BCUT2D eigenvalue weighted by atomic mass is 32.2. The van der Waals surface area contributed by atoms with Gasteiger partial charge in [0.25, 0.3) is 0 Å². The summed E-state index contributed by atoms with van der Waals surface area (Å²) in [5.41, 5.74) is -0.805. The highest BCUT2D eigenvalue weighted by molar-refractivity contribution is 8.13. The minimum absolute atomic E-state index is 0.104. The zero-order valence-corrected chi connectivity index (χ0v) is 24.4. The number of hydrogen-bond acceptors (Lipinski definition) is 7. The van der Waals surface area contributed by atoms with Crippen molar-refractivity contribution in [2.75, 3.05) is 0 Å². The number of Topliss-reactive ketones (excluding diaryl/α,β-unsaturated/α-hetero) is 1. The normalized spacial score (nSPS) is 25.3. The minimum atomic E-state index is -0.453. The quantitative estimate of drug-likeness (QED) is 0.244. The molecular formula is C29H47NO6S. The maximum Gasteiger partial charge on any atom is 0.408 e. The molecule has 210 valence electrons. The summed E-state index contributed by atoms with van der Waals surface area (Å²) in [7, 11) is 0. The van der Waals surface area contributed by atoms with Crippen LogP contribution in [-0.4, -0.2) is 51.9 Å². The van der Waals surface area contributed by atoms with Crippen LogP contribution in [0.25, 0.3) is 0 Å². The van der Waals surface area contributed by atoms with E-state index in [1.165, 1.54) is 11.8 Å². The number of carbonyl (C=O) groups is 3. The number of ketones is 1. The third-order valence-corrected chi connectivity index (χ3v) is 7.28. The van der Waals surface area contributed by atoms with E-state index in [0.29, 0.717) is 19.3 Å². The van der Waals surface area contributed by atoms with Crippen LogP contribution in [0.5, 0.6) is 0 Å².